The van der Waals surface area contributed by atoms with Crippen molar-refractivity contribution in [1.82, 2.24) is 0 Å². The van der Waals surface area contributed by atoms with Crippen molar-refractivity contribution in [3.05, 3.63) is 18.2 Å². The number of benzene rings is 1. The molecule has 1 aromatic rings. The summed E-state index contributed by atoms with van der Waals surface area (Å²) in [6.45, 7) is 1.89. The Morgan fingerprint density at radius 1 is 1.53 bits per heavy atom. The van der Waals surface area contributed by atoms with Gasteiger partial charge in [0.1, 0.15) is 11.5 Å². The third-order valence-corrected chi connectivity index (χ3v) is 2.27. The fraction of sp³-hybridized carbons (Fsp3) is 0.333. The van der Waals surface area contributed by atoms with Gasteiger partial charge in [-0.05, 0) is 18.6 Å². The minimum absolute atomic E-state index is 0.0145. The molecule has 0 aromatic heterocycles. The van der Waals surface area contributed by atoms with Crippen LogP contribution in [0.4, 0.5) is 5.69 Å². The lowest BCUT2D eigenvalue weighted by atomic mass is 10.2. The highest BCUT2D eigenvalue weighted by Gasteiger charge is 2.16. The van der Waals surface area contributed by atoms with Crippen LogP contribution in [0, 0.1) is 0 Å². The van der Waals surface area contributed by atoms with Crippen molar-refractivity contribution in [2.75, 3.05) is 11.9 Å². The number of anilines is 1. The van der Waals surface area contributed by atoms with E-state index in [0.717, 1.165) is 6.42 Å². The first-order chi connectivity index (χ1) is 8.19. The number of esters is 1. The number of fused-ring (bicyclic) bond motifs is 1. The van der Waals surface area contributed by atoms with Crippen molar-refractivity contribution in [1.29, 1.82) is 0 Å². The Morgan fingerprint density at radius 2 is 2.35 bits per heavy atom. The summed E-state index contributed by atoms with van der Waals surface area (Å²) in [4.78, 5) is 22.4. The van der Waals surface area contributed by atoms with Gasteiger partial charge in [-0.1, -0.05) is 6.92 Å². The molecule has 0 saturated heterocycles. The Hall–Kier alpha value is -2.04. The molecule has 0 unspecified atom stereocenters. The highest BCUT2D eigenvalue weighted by molar-refractivity contribution is 5.95. The van der Waals surface area contributed by atoms with E-state index in [-0.39, 0.29) is 18.5 Å². The summed E-state index contributed by atoms with van der Waals surface area (Å²) >= 11 is 0. The van der Waals surface area contributed by atoms with E-state index >= 15 is 0 Å². The van der Waals surface area contributed by atoms with Crippen LogP contribution in [0.1, 0.15) is 19.8 Å². The largest absolute Gasteiger partial charge is 0.481 e. The number of ether oxygens (including phenoxy) is 2. The van der Waals surface area contributed by atoms with Gasteiger partial charge in [-0.2, -0.15) is 0 Å². The summed E-state index contributed by atoms with van der Waals surface area (Å²) in [6.07, 6.45) is 1.13. The molecule has 17 heavy (non-hydrogen) atoms. The van der Waals surface area contributed by atoms with E-state index in [4.69, 9.17) is 9.47 Å². The zero-order chi connectivity index (χ0) is 12.3. The Kier molecular flexibility index (Phi) is 3.27. The molecule has 0 spiro atoms. The van der Waals surface area contributed by atoms with E-state index in [2.05, 4.69) is 5.32 Å². The molecule has 0 fully saturated rings. The molecule has 0 radical (unpaired) electrons. The van der Waals surface area contributed by atoms with Crippen molar-refractivity contribution in [3.8, 4) is 11.5 Å². The van der Waals surface area contributed by atoms with Gasteiger partial charge < -0.3 is 14.8 Å². The molecule has 1 N–H and O–H groups in total. The summed E-state index contributed by atoms with van der Waals surface area (Å²) in [5.74, 6) is 0.491. The number of hydrogen-bond donors (Lipinski definition) is 1. The topological polar surface area (TPSA) is 64.6 Å². The summed E-state index contributed by atoms with van der Waals surface area (Å²) in [7, 11) is 0. The fourth-order valence-electron chi connectivity index (χ4n) is 1.51. The smallest absolute Gasteiger partial charge is 0.311 e. The summed E-state index contributed by atoms with van der Waals surface area (Å²) in [6, 6.07) is 4.88. The van der Waals surface area contributed by atoms with Crippen LogP contribution < -0.4 is 14.8 Å². The first-order valence-corrected chi connectivity index (χ1v) is 5.46. The second-order valence-electron chi connectivity index (χ2n) is 3.72. The van der Waals surface area contributed by atoms with Gasteiger partial charge in [0.25, 0.3) is 5.91 Å². The monoisotopic (exact) mass is 235 g/mol. The van der Waals surface area contributed by atoms with E-state index in [9.17, 15) is 9.59 Å². The van der Waals surface area contributed by atoms with Crippen LogP contribution in [0.2, 0.25) is 0 Å². The van der Waals surface area contributed by atoms with E-state index in [1.165, 1.54) is 0 Å². The lowest BCUT2D eigenvalue weighted by Gasteiger charge is -2.18. The minimum Gasteiger partial charge on any atom is -0.481 e. The molecule has 1 aliphatic heterocycles. The van der Waals surface area contributed by atoms with Gasteiger partial charge in [-0.25, -0.2) is 0 Å². The number of nitrogens with one attached hydrogen (secondary N) is 1. The van der Waals surface area contributed by atoms with Gasteiger partial charge in [0, 0.05) is 12.5 Å². The highest BCUT2D eigenvalue weighted by Crippen LogP contribution is 2.31. The summed E-state index contributed by atoms with van der Waals surface area (Å²) in [5.41, 5.74) is 0.594. The van der Waals surface area contributed by atoms with Gasteiger partial charge in [0.2, 0.25) is 0 Å². The predicted molar refractivity (Wildman–Crippen MR) is 61.1 cm³/mol. The number of hydrogen-bond acceptors (Lipinski definition) is 4. The van der Waals surface area contributed by atoms with Crippen LogP contribution in [0.5, 0.6) is 11.5 Å². The Bertz CT molecular complexity index is 456. The molecule has 1 aromatic carbocycles. The Balaban J connectivity index is 2.11. The molecule has 5 nitrogen and oxygen atoms in total. The molecule has 90 valence electrons. The number of carbonyl (C=O) groups excluding carboxylic acids is 2. The minimum atomic E-state index is -0.271. The molecule has 5 heteroatoms. The normalized spacial score (nSPS) is 13.4. The van der Waals surface area contributed by atoms with Crippen LogP contribution in [0.25, 0.3) is 0 Å². The first kappa shape index (κ1) is 11.4. The first-order valence-electron chi connectivity index (χ1n) is 5.46. The molecule has 2 rings (SSSR count). The zero-order valence-electron chi connectivity index (χ0n) is 9.49. The SMILES string of the molecule is CCCC(=O)Oc1ccc2c(c1)OCC(=O)N2. The Labute approximate surface area is 98.7 Å². The van der Waals surface area contributed by atoms with Gasteiger partial charge in [-0.3, -0.25) is 9.59 Å². The van der Waals surface area contributed by atoms with Crippen molar-refractivity contribution in [2.24, 2.45) is 0 Å². The molecule has 0 atom stereocenters. The zero-order valence-corrected chi connectivity index (χ0v) is 9.49. The average Bonchev–Trinajstić information content (AvgIpc) is 2.29. The standard InChI is InChI=1S/C12H13NO4/c1-2-3-12(15)17-8-4-5-9-10(6-8)16-7-11(14)13-9/h4-6H,2-3,7H2,1H3,(H,13,14). The van der Waals surface area contributed by atoms with Crippen LogP contribution >= 0.6 is 0 Å². The third-order valence-electron chi connectivity index (χ3n) is 2.27. The number of carbonyl (C=O) groups is 2. The lowest BCUT2D eigenvalue weighted by Crippen LogP contribution is -2.25. The van der Waals surface area contributed by atoms with Gasteiger partial charge in [0.15, 0.2) is 6.61 Å². The molecular formula is C12H13NO4. The highest BCUT2D eigenvalue weighted by atomic mass is 16.5. The maximum Gasteiger partial charge on any atom is 0.311 e. The maximum absolute atomic E-state index is 11.3. The van der Waals surface area contributed by atoms with E-state index in [1.54, 1.807) is 18.2 Å². The van der Waals surface area contributed by atoms with Crippen molar-refractivity contribution in [2.45, 2.75) is 19.8 Å². The predicted octanol–water partition coefficient (Wildman–Crippen LogP) is 1.72. The molecule has 0 bridgehead atoms. The summed E-state index contributed by atoms with van der Waals surface area (Å²) < 4.78 is 10.3. The molecule has 0 saturated carbocycles. The maximum atomic E-state index is 11.3. The molecular weight excluding hydrogens is 222 g/mol. The van der Waals surface area contributed by atoms with Gasteiger partial charge >= 0.3 is 5.97 Å². The molecule has 1 amide bonds. The fourth-order valence-corrected chi connectivity index (χ4v) is 1.51. The number of amides is 1. The van der Waals surface area contributed by atoms with E-state index in [1.807, 2.05) is 6.92 Å². The van der Waals surface area contributed by atoms with Crippen LogP contribution in [0.3, 0.4) is 0 Å². The van der Waals surface area contributed by atoms with Crippen LogP contribution in [-0.2, 0) is 9.59 Å². The Morgan fingerprint density at radius 3 is 3.12 bits per heavy atom. The summed E-state index contributed by atoms with van der Waals surface area (Å²) in [5, 5.41) is 2.66. The number of rotatable bonds is 3. The van der Waals surface area contributed by atoms with Crippen molar-refractivity contribution >= 4 is 17.6 Å². The van der Waals surface area contributed by atoms with Gasteiger partial charge in [0.05, 0.1) is 5.69 Å². The van der Waals surface area contributed by atoms with Gasteiger partial charge in [-0.15, -0.1) is 0 Å². The van der Waals surface area contributed by atoms with Crippen LogP contribution in [0.15, 0.2) is 18.2 Å². The third kappa shape index (κ3) is 2.75. The van der Waals surface area contributed by atoms with Crippen molar-refractivity contribution in [3.63, 3.8) is 0 Å². The molecule has 1 heterocycles. The quantitative estimate of drug-likeness (QED) is 0.640. The van der Waals surface area contributed by atoms with E-state index < -0.39 is 0 Å². The molecule has 1 aliphatic rings. The van der Waals surface area contributed by atoms with E-state index in [0.29, 0.717) is 23.6 Å². The van der Waals surface area contributed by atoms with Crippen molar-refractivity contribution < 1.29 is 19.1 Å². The average molecular weight is 235 g/mol. The second kappa shape index (κ2) is 4.86. The second-order valence-corrected chi connectivity index (χ2v) is 3.72. The van der Waals surface area contributed by atoms with Crippen LogP contribution in [-0.4, -0.2) is 18.5 Å². The lowest BCUT2D eigenvalue weighted by molar-refractivity contribution is -0.134. The molecule has 0 aliphatic carbocycles.